The maximum atomic E-state index is 13.8. The second kappa shape index (κ2) is 12.3. The van der Waals surface area contributed by atoms with Crippen LogP contribution in [0, 0.1) is 5.82 Å². The molecule has 0 bridgehead atoms. The van der Waals surface area contributed by atoms with Crippen LogP contribution in [0.1, 0.15) is 15.9 Å². The number of barbiturate groups is 1. The van der Waals surface area contributed by atoms with Gasteiger partial charge in [-0.3, -0.25) is 19.7 Å². The van der Waals surface area contributed by atoms with Crippen molar-refractivity contribution in [3.63, 3.8) is 0 Å². The van der Waals surface area contributed by atoms with E-state index in [1.165, 1.54) is 74.9 Å². The number of esters is 1. The lowest BCUT2D eigenvalue weighted by atomic mass is 10.1. The summed E-state index contributed by atoms with van der Waals surface area (Å²) in [6.07, 6.45) is 1.20. The maximum Gasteiger partial charge on any atom is 0.337 e. The minimum atomic E-state index is -0.976. The van der Waals surface area contributed by atoms with E-state index in [0.717, 1.165) is 4.90 Å². The van der Waals surface area contributed by atoms with Gasteiger partial charge in [0.1, 0.15) is 11.4 Å². The molecule has 0 spiro atoms. The summed E-state index contributed by atoms with van der Waals surface area (Å²) < 4.78 is 29.2. The van der Waals surface area contributed by atoms with Gasteiger partial charge < -0.3 is 19.5 Å². The Morgan fingerprint density at radius 3 is 2.41 bits per heavy atom. The number of rotatable bonds is 8. The Morgan fingerprint density at radius 1 is 1.05 bits per heavy atom. The van der Waals surface area contributed by atoms with Crippen molar-refractivity contribution in [2.75, 3.05) is 31.0 Å². The zero-order valence-electron chi connectivity index (χ0n) is 21.5. The number of benzene rings is 3. The molecular weight excluding hydrogens is 561 g/mol. The fraction of sp³-hybridized carbons (Fsp3) is 0.107. The summed E-state index contributed by atoms with van der Waals surface area (Å²) in [4.78, 5) is 63.0. The average Bonchev–Trinajstić information content (AvgIpc) is 2.95. The van der Waals surface area contributed by atoms with E-state index in [9.17, 15) is 28.4 Å². The summed E-state index contributed by atoms with van der Waals surface area (Å²) >= 11 is 6.36. The standard InChI is InChI=1S/C28H21ClFN3O8/c1-39-22-13-15(12-19(29)24(22)41-14-23(34)31-21-6-4-3-5-20(21)30)11-18-25(35)32-28(38)33(26(18)36)17-9-7-16(8-10-17)27(37)40-2/h3-13H,14H2,1-2H3,(H,31,34)(H,32,35,38)/b18-11-. The highest BCUT2D eigenvalue weighted by atomic mass is 35.5. The van der Waals surface area contributed by atoms with Gasteiger partial charge in [-0.1, -0.05) is 23.7 Å². The number of imide groups is 2. The quantitative estimate of drug-likeness (QED) is 0.231. The number of nitrogens with zero attached hydrogens (tertiary/aromatic N) is 1. The van der Waals surface area contributed by atoms with Gasteiger partial charge in [-0.05, 0) is 60.2 Å². The number of carbonyl (C=O) groups excluding carboxylic acids is 5. The summed E-state index contributed by atoms with van der Waals surface area (Å²) in [6.45, 7) is -0.530. The minimum Gasteiger partial charge on any atom is -0.493 e. The molecule has 0 aliphatic carbocycles. The van der Waals surface area contributed by atoms with Crippen molar-refractivity contribution in [3.05, 3.63) is 88.2 Å². The van der Waals surface area contributed by atoms with Crippen LogP contribution in [-0.2, 0) is 19.1 Å². The maximum absolute atomic E-state index is 13.8. The van der Waals surface area contributed by atoms with Crippen LogP contribution >= 0.6 is 11.6 Å². The Hall–Kier alpha value is -5.23. The van der Waals surface area contributed by atoms with Gasteiger partial charge in [0.15, 0.2) is 18.1 Å². The van der Waals surface area contributed by atoms with Crippen molar-refractivity contribution >= 4 is 58.8 Å². The summed E-state index contributed by atoms with van der Waals surface area (Å²) in [5, 5.41) is 4.45. The molecule has 0 aromatic heterocycles. The smallest absolute Gasteiger partial charge is 0.337 e. The van der Waals surface area contributed by atoms with Crippen LogP contribution in [0.4, 0.5) is 20.6 Å². The van der Waals surface area contributed by atoms with Crippen molar-refractivity contribution in [1.82, 2.24) is 5.32 Å². The highest BCUT2D eigenvalue weighted by Gasteiger charge is 2.37. The largest absolute Gasteiger partial charge is 0.493 e. The van der Waals surface area contributed by atoms with Gasteiger partial charge in [-0.25, -0.2) is 18.9 Å². The molecule has 1 heterocycles. The number of carbonyl (C=O) groups is 5. The van der Waals surface area contributed by atoms with E-state index in [-0.39, 0.29) is 39.0 Å². The number of para-hydroxylation sites is 1. The molecule has 13 heteroatoms. The number of methoxy groups -OCH3 is 2. The van der Waals surface area contributed by atoms with E-state index in [1.54, 1.807) is 6.07 Å². The van der Waals surface area contributed by atoms with E-state index < -0.39 is 47.7 Å². The Morgan fingerprint density at radius 2 is 1.76 bits per heavy atom. The third-order valence-corrected chi connectivity index (χ3v) is 5.99. The fourth-order valence-corrected chi connectivity index (χ4v) is 4.05. The van der Waals surface area contributed by atoms with Gasteiger partial charge in [0.25, 0.3) is 17.7 Å². The van der Waals surface area contributed by atoms with Crippen molar-refractivity contribution in [2.24, 2.45) is 0 Å². The van der Waals surface area contributed by atoms with Crippen LogP contribution in [0.25, 0.3) is 6.08 Å². The predicted molar refractivity (Wildman–Crippen MR) is 145 cm³/mol. The van der Waals surface area contributed by atoms with Crippen LogP contribution in [0.2, 0.25) is 5.02 Å². The molecule has 5 amide bonds. The number of ether oxygens (including phenoxy) is 3. The van der Waals surface area contributed by atoms with Gasteiger partial charge in [0.05, 0.1) is 36.2 Å². The van der Waals surface area contributed by atoms with E-state index in [4.69, 9.17) is 21.1 Å². The second-order valence-electron chi connectivity index (χ2n) is 8.35. The molecule has 1 saturated heterocycles. The molecule has 0 unspecified atom stereocenters. The first kappa shape index (κ1) is 28.8. The number of nitrogens with one attached hydrogen (secondary N) is 2. The van der Waals surface area contributed by atoms with Crippen LogP contribution in [0.15, 0.2) is 66.2 Å². The molecule has 3 aromatic rings. The summed E-state index contributed by atoms with van der Waals surface area (Å²) in [5.41, 5.74) is 0.123. The predicted octanol–water partition coefficient (Wildman–Crippen LogP) is 3.96. The highest BCUT2D eigenvalue weighted by Crippen LogP contribution is 2.37. The summed E-state index contributed by atoms with van der Waals surface area (Å²) in [6, 6.07) is 12.8. The van der Waals surface area contributed by atoms with Gasteiger partial charge in [0, 0.05) is 0 Å². The van der Waals surface area contributed by atoms with Crippen molar-refractivity contribution in [1.29, 1.82) is 0 Å². The number of amides is 5. The molecule has 1 fully saturated rings. The third-order valence-electron chi connectivity index (χ3n) is 5.71. The molecule has 4 rings (SSSR count). The van der Waals surface area contributed by atoms with Gasteiger partial charge >= 0.3 is 12.0 Å². The topological polar surface area (TPSA) is 140 Å². The molecule has 3 aromatic carbocycles. The zero-order valence-corrected chi connectivity index (χ0v) is 22.3. The molecule has 1 aliphatic rings. The molecule has 1 aliphatic heterocycles. The van der Waals surface area contributed by atoms with E-state index >= 15 is 0 Å². The number of hydrogen-bond acceptors (Lipinski definition) is 8. The molecule has 11 nitrogen and oxygen atoms in total. The van der Waals surface area contributed by atoms with E-state index in [1.807, 2.05) is 0 Å². The van der Waals surface area contributed by atoms with Crippen molar-refractivity contribution < 1.29 is 42.6 Å². The molecule has 0 atom stereocenters. The SMILES string of the molecule is COC(=O)c1ccc(N2C(=O)NC(=O)/C(=C/c3cc(Cl)c(OCC(=O)Nc4ccccc4F)c(OC)c3)C2=O)cc1. The summed E-state index contributed by atoms with van der Waals surface area (Å²) in [5.74, 6) is -3.69. The van der Waals surface area contributed by atoms with Crippen LogP contribution < -0.4 is 25.0 Å². The second-order valence-corrected chi connectivity index (χ2v) is 8.75. The Labute approximate surface area is 237 Å². The molecule has 0 saturated carbocycles. The minimum absolute atomic E-state index is 0.0121. The Bertz CT molecular complexity index is 1590. The average molecular weight is 582 g/mol. The van der Waals surface area contributed by atoms with Gasteiger partial charge in [0.2, 0.25) is 0 Å². The molecule has 2 N–H and O–H groups in total. The van der Waals surface area contributed by atoms with Crippen molar-refractivity contribution in [2.45, 2.75) is 0 Å². The third kappa shape index (κ3) is 6.34. The number of hydrogen-bond donors (Lipinski definition) is 2. The number of urea groups is 1. The first-order valence-corrected chi connectivity index (χ1v) is 12.1. The lowest BCUT2D eigenvalue weighted by Crippen LogP contribution is -2.54. The Kier molecular flexibility index (Phi) is 8.63. The lowest BCUT2D eigenvalue weighted by molar-refractivity contribution is -0.122. The first-order chi connectivity index (χ1) is 19.6. The van der Waals surface area contributed by atoms with E-state index in [0.29, 0.717) is 0 Å². The fourth-order valence-electron chi connectivity index (χ4n) is 3.77. The van der Waals surface area contributed by atoms with Crippen LogP contribution in [-0.4, -0.2) is 50.5 Å². The molecule has 210 valence electrons. The molecule has 0 radical (unpaired) electrons. The number of anilines is 2. The highest BCUT2D eigenvalue weighted by molar-refractivity contribution is 6.39. The Balaban J connectivity index is 1.56. The van der Waals surface area contributed by atoms with E-state index in [2.05, 4.69) is 15.4 Å². The van der Waals surface area contributed by atoms with Crippen molar-refractivity contribution in [3.8, 4) is 11.5 Å². The zero-order chi connectivity index (χ0) is 29.7. The van der Waals surface area contributed by atoms with Crippen LogP contribution in [0.5, 0.6) is 11.5 Å². The van der Waals surface area contributed by atoms with Gasteiger partial charge in [-0.15, -0.1) is 0 Å². The van der Waals surface area contributed by atoms with Gasteiger partial charge in [-0.2, -0.15) is 0 Å². The molecule has 41 heavy (non-hydrogen) atoms. The van der Waals surface area contributed by atoms with Crippen LogP contribution in [0.3, 0.4) is 0 Å². The monoisotopic (exact) mass is 581 g/mol. The number of halogens is 2. The molecular formula is C28H21ClFN3O8. The summed E-state index contributed by atoms with van der Waals surface area (Å²) in [7, 11) is 2.53. The first-order valence-electron chi connectivity index (χ1n) is 11.8. The lowest BCUT2D eigenvalue weighted by Gasteiger charge is -2.26. The normalized spacial score (nSPS) is 14.0.